The highest BCUT2D eigenvalue weighted by atomic mass is 16.5. The van der Waals surface area contributed by atoms with Gasteiger partial charge >= 0.3 is 0 Å². The molecular weight excluding hydrogens is 406 g/mol. The van der Waals surface area contributed by atoms with Crippen LogP contribution >= 0.6 is 0 Å². The van der Waals surface area contributed by atoms with Gasteiger partial charge in [-0.3, -0.25) is 19.1 Å². The molecule has 8 nitrogen and oxygen atoms in total. The molecule has 8 heteroatoms. The lowest BCUT2D eigenvalue weighted by molar-refractivity contribution is -0.118. The van der Waals surface area contributed by atoms with Crippen molar-refractivity contribution < 1.29 is 9.53 Å². The normalized spacial score (nSPS) is 15.7. The van der Waals surface area contributed by atoms with Crippen molar-refractivity contribution in [3.8, 4) is 0 Å². The van der Waals surface area contributed by atoms with E-state index in [0.29, 0.717) is 23.3 Å². The Morgan fingerprint density at radius 1 is 1.16 bits per heavy atom. The highest BCUT2D eigenvalue weighted by molar-refractivity contribution is 5.78. The number of amides is 1. The van der Waals surface area contributed by atoms with Gasteiger partial charge in [0.1, 0.15) is 12.4 Å². The zero-order valence-corrected chi connectivity index (χ0v) is 18.3. The van der Waals surface area contributed by atoms with E-state index in [0.717, 1.165) is 38.4 Å². The van der Waals surface area contributed by atoms with E-state index in [9.17, 15) is 9.59 Å². The molecule has 0 radical (unpaired) electrons. The number of benzene rings is 2. The lowest BCUT2D eigenvalue weighted by atomic mass is 10.0. The van der Waals surface area contributed by atoms with Gasteiger partial charge in [-0.1, -0.05) is 42.0 Å². The Labute approximate surface area is 187 Å². The van der Waals surface area contributed by atoms with Crippen LogP contribution in [-0.4, -0.2) is 53.2 Å². The van der Waals surface area contributed by atoms with Crippen LogP contribution in [0.2, 0.25) is 0 Å². The number of primary amides is 1. The van der Waals surface area contributed by atoms with Crippen LogP contribution in [0, 0.1) is 6.92 Å². The van der Waals surface area contributed by atoms with Crippen LogP contribution in [0.3, 0.4) is 0 Å². The quantitative estimate of drug-likeness (QED) is 0.554. The molecule has 1 fully saturated rings. The summed E-state index contributed by atoms with van der Waals surface area (Å²) in [5.41, 5.74) is 8.13. The third-order valence-corrected chi connectivity index (χ3v) is 5.79. The molecule has 1 saturated heterocycles. The molecule has 0 aliphatic carbocycles. The van der Waals surface area contributed by atoms with Crippen molar-refractivity contribution in [3.05, 3.63) is 75.8 Å². The van der Waals surface area contributed by atoms with Gasteiger partial charge in [-0.05, 0) is 24.6 Å². The SMILES string of the molecule is Cc1ccc([C@@H](CN2CCOCC2)NCc2nc3ccccc3c(=O)n2CC(N)=O)cc1. The fraction of sp³-hybridized carbons (Fsp3) is 0.375. The summed E-state index contributed by atoms with van der Waals surface area (Å²) >= 11 is 0. The predicted molar refractivity (Wildman–Crippen MR) is 123 cm³/mol. The predicted octanol–water partition coefficient (Wildman–Crippen LogP) is 1.35. The number of nitrogens with zero attached hydrogens (tertiary/aromatic N) is 3. The lowest BCUT2D eigenvalue weighted by Crippen LogP contribution is -2.42. The van der Waals surface area contributed by atoms with Crippen LogP contribution < -0.4 is 16.6 Å². The zero-order chi connectivity index (χ0) is 22.5. The second-order valence-corrected chi connectivity index (χ2v) is 8.16. The molecule has 1 amide bonds. The third kappa shape index (κ3) is 5.21. The van der Waals surface area contributed by atoms with Crippen LogP contribution in [0.5, 0.6) is 0 Å². The minimum Gasteiger partial charge on any atom is -0.379 e. The number of carbonyl (C=O) groups excluding carboxylic acids is 1. The summed E-state index contributed by atoms with van der Waals surface area (Å²) in [6.45, 7) is 6.21. The van der Waals surface area contributed by atoms with Crippen LogP contribution in [0.15, 0.2) is 53.3 Å². The maximum atomic E-state index is 13.0. The highest BCUT2D eigenvalue weighted by Crippen LogP contribution is 2.17. The van der Waals surface area contributed by atoms with Crippen molar-refractivity contribution >= 4 is 16.8 Å². The summed E-state index contributed by atoms with van der Waals surface area (Å²) < 4.78 is 6.86. The standard InChI is InChI=1S/C24H29N5O3/c1-17-6-8-18(9-7-17)21(15-28-10-12-32-13-11-28)26-14-23-27-20-5-3-2-4-19(20)24(31)29(23)16-22(25)30/h2-9,21,26H,10-16H2,1H3,(H2,25,30)/t21-/m1/s1. The first-order valence-electron chi connectivity index (χ1n) is 10.9. The molecule has 0 bridgehead atoms. The Bertz CT molecular complexity index is 1140. The summed E-state index contributed by atoms with van der Waals surface area (Å²) in [7, 11) is 0. The van der Waals surface area contributed by atoms with Gasteiger partial charge in [0.2, 0.25) is 5.91 Å². The number of para-hydroxylation sites is 1. The maximum Gasteiger partial charge on any atom is 0.261 e. The lowest BCUT2D eigenvalue weighted by Gasteiger charge is -2.31. The van der Waals surface area contributed by atoms with E-state index in [1.54, 1.807) is 18.2 Å². The van der Waals surface area contributed by atoms with Gasteiger partial charge < -0.3 is 15.8 Å². The van der Waals surface area contributed by atoms with Gasteiger partial charge in [0.25, 0.3) is 5.56 Å². The average Bonchev–Trinajstić information content (AvgIpc) is 2.80. The smallest absolute Gasteiger partial charge is 0.261 e. The van der Waals surface area contributed by atoms with Crippen LogP contribution in [0.4, 0.5) is 0 Å². The van der Waals surface area contributed by atoms with Crippen molar-refractivity contribution in [2.24, 2.45) is 5.73 Å². The van der Waals surface area contributed by atoms with Gasteiger partial charge in [-0.2, -0.15) is 0 Å². The Hall–Kier alpha value is -3.07. The Balaban J connectivity index is 1.63. The summed E-state index contributed by atoms with van der Waals surface area (Å²) in [4.78, 5) is 31.7. The van der Waals surface area contributed by atoms with E-state index in [1.165, 1.54) is 10.1 Å². The highest BCUT2D eigenvalue weighted by Gasteiger charge is 2.20. The summed E-state index contributed by atoms with van der Waals surface area (Å²) in [6.07, 6.45) is 0. The minimum atomic E-state index is -0.575. The number of fused-ring (bicyclic) bond motifs is 1. The zero-order valence-electron chi connectivity index (χ0n) is 18.3. The number of aromatic nitrogens is 2. The van der Waals surface area contributed by atoms with Gasteiger partial charge in [-0.15, -0.1) is 0 Å². The molecule has 1 aromatic heterocycles. The Morgan fingerprint density at radius 2 is 1.88 bits per heavy atom. The number of ether oxygens (including phenoxy) is 1. The number of hydrogen-bond donors (Lipinski definition) is 2. The van der Waals surface area contributed by atoms with Crippen LogP contribution in [0.1, 0.15) is 23.0 Å². The number of hydrogen-bond acceptors (Lipinski definition) is 6. The summed E-state index contributed by atoms with van der Waals surface area (Å²) in [6, 6.07) is 15.6. The van der Waals surface area contributed by atoms with Crippen LogP contribution in [-0.2, 0) is 22.6 Å². The van der Waals surface area contributed by atoms with Gasteiger partial charge in [0, 0.05) is 25.7 Å². The first kappa shape index (κ1) is 22.1. The Morgan fingerprint density at radius 3 is 2.59 bits per heavy atom. The number of carbonyl (C=O) groups is 1. The van der Waals surface area contributed by atoms with E-state index in [2.05, 4.69) is 46.4 Å². The molecule has 0 unspecified atom stereocenters. The third-order valence-electron chi connectivity index (χ3n) is 5.79. The topological polar surface area (TPSA) is 102 Å². The van der Waals surface area contributed by atoms with E-state index in [4.69, 9.17) is 10.5 Å². The summed E-state index contributed by atoms with van der Waals surface area (Å²) in [5, 5.41) is 4.04. The van der Waals surface area contributed by atoms with Gasteiger partial charge in [0.05, 0.1) is 30.7 Å². The van der Waals surface area contributed by atoms with E-state index < -0.39 is 5.91 Å². The molecule has 1 aliphatic heterocycles. The van der Waals surface area contributed by atoms with Crippen molar-refractivity contribution in [1.82, 2.24) is 19.8 Å². The van der Waals surface area contributed by atoms with Gasteiger partial charge in [-0.25, -0.2) is 4.98 Å². The average molecular weight is 436 g/mol. The summed E-state index contributed by atoms with van der Waals surface area (Å²) in [5.74, 6) is -0.0829. The number of rotatable bonds is 8. The van der Waals surface area contributed by atoms with Crippen molar-refractivity contribution in [2.45, 2.75) is 26.1 Å². The fourth-order valence-electron chi connectivity index (χ4n) is 4.01. The molecule has 0 saturated carbocycles. The van der Waals surface area contributed by atoms with Crippen molar-refractivity contribution in [2.75, 3.05) is 32.8 Å². The second kappa shape index (κ2) is 10.0. The first-order valence-corrected chi connectivity index (χ1v) is 10.9. The maximum absolute atomic E-state index is 13.0. The molecule has 3 N–H and O–H groups in total. The molecule has 1 atom stereocenters. The number of morpholine rings is 1. The molecule has 0 spiro atoms. The van der Waals surface area contributed by atoms with Crippen molar-refractivity contribution in [1.29, 1.82) is 0 Å². The van der Waals surface area contributed by atoms with E-state index >= 15 is 0 Å². The second-order valence-electron chi connectivity index (χ2n) is 8.16. The molecule has 3 aromatic rings. The number of nitrogens with one attached hydrogen (secondary N) is 1. The molecule has 1 aliphatic rings. The molecule has 168 valence electrons. The van der Waals surface area contributed by atoms with Crippen molar-refractivity contribution in [3.63, 3.8) is 0 Å². The molecule has 2 aromatic carbocycles. The van der Waals surface area contributed by atoms with Crippen LogP contribution in [0.25, 0.3) is 10.9 Å². The molecule has 4 rings (SSSR count). The van der Waals surface area contributed by atoms with Gasteiger partial charge in [0.15, 0.2) is 0 Å². The monoisotopic (exact) mass is 435 g/mol. The largest absolute Gasteiger partial charge is 0.379 e. The minimum absolute atomic E-state index is 0.0269. The Kier molecular flexibility index (Phi) is 6.94. The molecular formula is C24H29N5O3. The van der Waals surface area contributed by atoms with E-state index in [-0.39, 0.29) is 18.1 Å². The number of nitrogens with two attached hydrogens (primary N) is 1. The molecule has 32 heavy (non-hydrogen) atoms. The first-order chi connectivity index (χ1) is 15.5. The number of aryl methyl sites for hydroxylation is 1. The fourth-order valence-corrected chi connectivity index (χ4v) is 4.01. The molecule has 2 heterocycles. The van der Waals surface area contributed by atoms with E-state index in [1.807, 2.05) is 6.07 Å².